The van der Waals surface area contributed by atoms with Gasteiger partial charge in [-0.1, -0.05) is 51.8 Å². The molecule has 0 aliphatic heterocycles. The van der Waals surface area contributed by atoms with Crippen molar-refractivity contribution in [2.24, 2.45) is 5.10 Å². The first-order valence-electron chi connectivity index (χ1n) is 8.76. The summed E-state index contributed by atoms with van der Waals surface area (Å²) < 4.78 is 12.1. The molecule has 1 amide bonds. The van der Waals surface area contributed by atoms with Crippen molar-refractivity contribution in [3.8, 4) is 11.5 Å². The minimum absolute atomic E-state index is 0.122. The number of ether oxygens (including phenoxy) is 2. The predicted molar refractivity (Wildman–Crippen MR) is 118 cm³/mol. The third kappa shape index (κ3) is 7.25. The van der Waals surface area contributed by atoms with Crippen molar-refractivity contribution < 1.29 is 14.3 Å². The molecular weight excluding hydrogens is 456 g/mol. The van der Waals surface area contributed by atoms with E-state index in [1.54, 1.807) is 18.3 Å². The van der Waals surface area contributed by atoms with Gasteiger partial charge in [0.2, 0.25) is 0 Å². The standard InChI is InChI=1S/C22H18BrClN2O3/c23-18-6-10-20(11-7-18)29-15-22(27)26-25-13-17-2-1-3-21(12-17)28-14-16-4-8-19(24)9-5-16/h1-13H,14-15H2,(H,26,27)/b25-13+. The highest BCUT2D eigenvalue weighted by molar-refractivity contribution is 9.10. The van der Waals surface area contributed by atoms with Gasteiger partial charge in [-0.2, -0.15) is 5.10 Å². The van der Waals surface area contributed by atoms with Gasteiger partial charge in [0, 0.05) is 9.50 Å². The first kappa shape index (κ1) is 20.9. The Kier molecular flexibility index (Phi) is 7.67. The van der Waals surface area contributed by atoms with E-state index in [9.17, 15) is 4.79 Å². The van der Waals surface area contributed by atoms with Gasteiger partial charge in [0.1, 0.15) is 18.1 Å². The number of benzene rings is 3. The summed E-state index contributed by atoms with van der Waals surface area (Å²) in [6.07, 6.45) is 1.55. The molecule has 3 rings (SSSR count). The second-order valence-electron chi connectivity index (χ2n) is 6.02. The molecule has 0 heterocycles. The first-order valence-corrected chi connectivity index (χ1v) is 9.93. The minimum atomic E-state index is -0.348. The quantitative estimate of drug-likeness (QED) is 0.361. The van der Waals surface area contributed by atoms with Gasteiger partial charge >= 0.3 is 0 Å². The minimum Gasteiger partial charge on any atom is -0.489 e. The third-order valence-electron chi connectivity index (χ3n) is 3.76. The van der Waals surface area contributed by atoms with E-state index in [0.717, 1.165) is 15.6 Å². The summed E-state index contributed by atoms with van der Waals surface area (Å²) in [7, 11) is 0. The van der Waals surface area contributed by atoms with Crippen LogP contribution in [0.2, 0.25) is 5.02 Å². The highest BCUT2D eigenvalue weighted by Crippen LogP contribution is 2.17. The summed E-state index contributed by atoms with van der Waals surface area (Å²) in [5, 5.41) is 4.65. The van der Waals surface area contributed by atoms with Crippen LogP contribution in [0.5, 0.6) is 11.5 Å². The van der Waals surface area contributed by atoms with Gasteiger partial charge < -0.3 is 9.47 Å². The fourth-order valence-electron chi connectivity index (χ4n) is 2.32. The molecule has 0 aliphatic rings. The fourth-order valence-corrected chi connectivity index (χ4v) is 2.71. The molecule has 0 fully saturated rings. The summed E-state index contributed by atoms with van der Waals surface area (Å²) in [5.74, 6) is 0.964. The second kappa shape index (κ2) is 10.6. The number of carbonyl (C=O) groups is 1. The molecule has 0 bridgehead atoms. The van der Waals surface area contributed by atoms with Crippen LogP contribution < -0.4 is 14.9 Å². The number of carbonyl (C=O) groups excluding carboxylic acids is 1. The van der Waals surface area contributed by atoms with E-state index in [1.165, 1.54) is 0 Å². The van der Waals surface area contributed by atoms with Crippen molar-refractivity contribution in [1.29, 1.82) is 0 Å². The Morgan fingerprint density at radius 2 is 1.76 bits per heavy atom. The number of nitrogens with one attached hydrogen (secondary N) is 1. The molecule has 1 N–H and O–H groups in total. The van der Waals surface area contributed by atoms with Gasteiger partial charge in [0.15, 0.2) is 6.61 Å². The molecule has 0 spiro atoms. The van der Waals surface area contributed by atoms with Crippen molar-refractivity contribution in [3.05, 3.63) is 93.4 Å². The summed E-state index contributed by atoms with van der Waals surface area (Å²) in [4.78, 5) is 11.8. The van der Waals surface area contributed by atoms with Crippen LogP contribution in [0.4, 0.5) is 0 Å². The first-order chi connectivity index (χ1) is 14.1. The molecule has 0 saturated heterocycles. The van der Waals surface area contributed by atoms with Crippen LogP contribution in [0.1, 0.15) is 11.1 Å². The molecule has 3 aromatic carbocycles. The van der Waals surface area contributed by atoms with E-state index < -0.39 is 0 Å². The Morgan fingerprint density at radius 3 is 2.52 bits per heavy atom. The molecule has 0 atom stereocenters. The van der Waals surface area contributed by atoms with Crippen LogP contribution >= 0.6 is 27.5 Å². The lowest BCUT2D eigenvalue weighted by atomic mass is 10.2. The Morgan fingerprint density at radius 1 is 1.00 bits per heavy atom. The Labute approximate surface area is 182 Å². The number of amides is 1. The molecule has 0 aliphatic carbocycles. The maximum atomic E-state index is 11.8. The van der Waals surface area contributed by atoms with Crippen molar-refractivity contribution in [2.75, 3.05) is 6.61 Å². The summed E-state index contributed by atoms with van der Waals surface area (Å²) >= 11 is 9.23. The topological polar surface area (TPSA) is 59.9 Å². The number of rotatable bonds is 8. The third-order valence-corrected chi connectivity index (χ3v) is 4.54. The number of hydrogen-bond donors (Lipinski definition) is 1. The average Bonchev–Trinajstić information content (AvgIpc) is 2.73. The van der Waals surface area contributed by atoms with Crippen molar-refractivity contribution in [2.45, 2.75) is 6.61 Å². The van der Waals surface area contributed by atoms with E-state index >= 15 is 0 Å². The lowest BCUT2D eigenvalue weighted by molar-refractivity contribution is -0.123. The van der Waals surface area contributed by atoms with E-state index in [-0.39, 0.29) is 12.5 Å². The summed E-state index contributed by atoms with van der Waals surface area (Å²) in [6, 6.07) is 22.1. The van der Waals surface area contributed by atoms with Crippen LogP contribution in [-0.2, 0) is 11.4 Å². The van der Waals surface area contributed by atoms with Gasteiger partial charge in [-0.3, -0.25) is 4.79 Å². The molecule has 29 heavy (non-hydrogen) atoms. The number of hydrazone groups is 1. The molecule has 0 radical (unpaired) electrons. The zero-order valence-electron chi connectivity index (χ0n) is 15.3. The summed E-state index contributed by atoms with van der Waals surface area (Å²) in [5.41, 5.74) is 4.26. The number of halogens is 2. The lowest BCUT2D eigenvalue weighted by Crippen LogP contribution is -2.24. The number of hydrogen-bond acceptors (Lipinski definition) is 4. The van der Waals surface area contributed by atoms with E-state index in [1.807, 2.05) is 60.7 Å². The zero-order chi connectivity index (χ0) is 20.5. The molecule has 0 unspecified atom stereocenters. The SMILES string of the molecule is O=C(COc1ccc(Br)cc1)N/N=C/c1cccc(OCc2ccc(Cl)cc2)c1. The fraction of sp³-hybridized carbons (Fsp3) is 0.0909. The Balaban J connectivity index is 1.46. The van der Waals surface area contributed by atoms with Crippen LogP contribution in [-0.4, -0.2) is 18.7 Å². The van der Waals surface area contributed by atoms with Crippen LogP contribution in [0.15, 0.2) is 82.4 Å². The van der Waals surface area contributed by atoms with Crippen LogP contribution in [0.25, 0.3) is 0 Å². The van der Waals surface area contributed by atoms with Crippen molar-refractivity contribution >= 4 is 39.7 Å². The smallest absolute Gasteiger partial charge is 0.277 e. The largest absolute Gasteiger partial charge is 0.489 e. The zero-order valence-corrected chi connectivity index (χ0v) is 17.7. The monoisotopic (exact) mass is 472 g/mol. The van der Waals surface area contributed by atoms with Gasteiger partial charge in [0.25, 0.3) is 5.91 Å². The predicted octanol–water partition coefficient (Wildman–Crippen LogP) is 5.21. The van der Waals surface area contributed by atoms with Crippen molar-refractivity contribution in [3.63, 3.8) is 0 Å². The maximum Gasteiger partial charge on any atom is 0.277 e. The second-order valence-corrected chi connectivity index (χ2v) is 7.38. The molecule has 148 valence electrons. The Bertz CT molecular complexity index is 976. The molecule has 3 aromatic rings. The highest BCUT2D eigenvalue weighted by Gasteiger charge is 2.02. The average molecular weight is 474 g/mol. The van der Waals surface area contributed by atoms with E-state index in [0.29, 0.717) is 23.1 Å². The molecule has 5 nitrogen and oxygen atoms in total. The summed E-state index contributed by atoms with van der Waals surface area (Å²) in [6.45, 7) is 0.311. The normalized spacial score (nSPS) is 10.7. The Hall–Kier alpha value is -2.83. The van der Waals surface area contributed by atoms with Gasteiger partial charge in [-0.05, 0) is 59.7 Å². The van der Waals surface area contributed by atoms with Gasteiger partial charge in [-0.15, -0.1) is 0 Å². The number of nitrogens with zero attached hydrogens (tertiary/aromatic N) is 1. The van der Waals surface area contributed by atoms with Gasteiger partial charge in [-0.25, -0.2) is 5.43 Å². The molecule has 0 aromatic heterocycles. The van der Waals surface area contributed by atoms with Crippen LogP contribution in [0.3, 0.4) is 0 Å². The molecule has 7 heteroatoms. The molecule has 0 saturated carbocycles. The maximum absolute atomic E-state index is 11.8. The molecular formula is C22H18BrClN2O3. The van der Waals surface area contributed by atoms with E-state index in [4.69, 9.17) is 21.1 Å². The van der Waals surface area contributed by atoms with Gasteiger partial charge in [0.05, 0.1) is 6.21 Å². The highest BCUT2D eigenvalue weighted by atomic mass is 79.9. The van der Waals surface area contributed by atoms with Crippen LogP contribution in [0, 0.1) is 0 Å². The van der Waals surface area contributed by atoms with E-state index in [2.05, 4.69) is 26.5 Å². The lowest BCUT2D eigenvalue weighted by Gasteiger charge is -2.07. The van der Waals surface area contributed by atoms with Crippen molar-refractivity contribution in [1.82, 2.24) is 5.43 Å².